The van der Waals surface area contributed by atoms with Crippen LogP contribution in [0.3, 0.4) is 0 Å². The van der Waals surface area contributed by atoms with Crippen molar-refractivity contribution in [2.75, 3.05) is 173 Å². The van der Waals surface area contributed by atoms with E-state index in [9.17, 15) is 67.5 Å². The van der Waals surface area contributed by atoms with Crippen LogP contribution in [0.4, 0.5) is 5.69 Å². The molecule has 0 saturated carbocycles. The number of amides is 6. The fourth-order valence-electron chi connectivity index (χ4n) is 19.5. The van der Waals surface area contributed by atoms with Crippen LogP contribution in [-0.2, 0) is 98.6 Å². The van der Waals surface area contributed by atoms with Crippen molar-refractivity contribution in [1.82, 2.24) is 54.8 Å². The second kappa shape index (κ2) is 64.0. The second-order valence-electron chi connectivity index (χ2n) is 40.5. The SMILES string of the molecule is CC[C@H](C)[C@@H]([C@@H](CC(=O)N1CCC[C@H]1[C@H](OC)[C@@H](C)C(=O)C[C@@H](Cc1ccccc1)C(=O)NCCOCCO/N=C(/C)c1ccc(OCCOCCNCP(=O)(N(C)CCS)N(C)CCOCCC(=O)Nc2cc(C[C@@H](CC(C)C(=O)O)NC(=O)c3csc([C@@H](C[C@H](C(C)C)N(C)C(=O)[C@H](CC(=O)[C@@H]4CCCCN4C)[C@@H](C)CC)OC(C)=O)n3)ccc2O)cc1)OC)N(C)C(=O)[C@@H](CC(=O)[C@H](C(C)C)N(C)C)C(C)C. The van der Waals surface area contributed by atoms with Gasteiger partial charge in [0.15, 0.2) is 17.7 Å². The molecule has 35 nitrogen and oxygen atoms in total. The highest BCUT2D eigenvalue weighted by molar-refractivity contribution is 7.80. The van der Waals surface area contributed by atoms with Crippen LogP contribution in [0.25, 0.3) is 0 Å². The number of piperidine rings is 1. The third-order valence-electron chi connectivity index (χ3n) is 28.5. The number of likely N-dealkylation sites (tertiary alicyclic amines) is 2. The van der Waals surface area contributed by atoms with Gasteiger partial charge in [0, 0.05) is 141 Å². The van der Waals surface area contributed by atoms with Crippen molar-refractivity contribution in [3.05, 3.63) is 106 Å². The highest BCUT2D eigenvalue weighted by atomic mass is 32.1. The van der Waals surface area contributed by atoms with E-state index in [0.717, 1.165) is 48.3 Å². The number of ether oxygens (including phenoxy) is 7. The molecule has 0 radical (unpaired) electrons. The number of esters is 1. The highest BCUT2D eigenvalue weighted by Gasteiger charge is 2.46. The molecule has 814 valence electrons. The van der Waals surface area contributed by atoms with Crippen LogP contribution in [0.5, 0.6) is 11.5 Å². The Labute approximate surface area is 871 Å². The van der Waals surface area contributed by atoms with Crippen molar-refractivity contribution in [3.63, 3.8) is 0 Å². The fraction of sp³-hybridized carbons (Fsp3) is 0.692. The first-order chi connectivity index (χ1) is 68.9. The molecule has 4 aromatic rings. The number of aromatic nitrogens is 1. The van der Waals surface area contributed by atoms with Crippen LogP contribution < -0.4 is 26.0 Å². The maximum absolute atomic E-state index is 14.7. The number of benzene rings is 3. The molecule has 145 heavy (non-hydrogen) atoms. The molecule has 38 heteroatoms. The number of carboxylic acid groups (broad SMARTS) is 1. The number of oxime groups is 1. The topological polar surface area (TPSA) is 415 Å². The molecular formula is C107H172N13O22PS2. The van der Waals surface area contributed by atoms with E-state index in [0.29, 0.717) is 86.1 Å². The van der Waals surface area contributed by atoms with Gasteiger partial charge in [-0.2, -0.15) is 12.6 Å². The molecule has 0 bridgehead atoms. The molecule has 3 aromatic carbocycles. The maximum atomic E-state index is 14.7. The van der Waals surface area contributed by atoms with E-state index in [1.807, 2.05) is 150 Å². The minimum absolute atomic E-state index is 0.000119. The highest BCUT2D eigenvalue weighted by Crippen LogP contribution is 2.50. The van der Waals surface area contributed by atoms with Gasteiger partial charge >= 0.3 is 11.9 Å². The number of hydrogen-bond donors (Lipinski definition) is 7. The van der Waals surface area contributed by atoms with Gasteiger partial charge in [-0.15, -0.1) is 11.3 Å². The molecule has 2 aliphatic rings. The number of methoxy groups -OCH3 is 2. The third-order valence-corrected chi connectivity index (χ3v) is 32.8. The number of carbonyl (C=O) groups is 11. The number of thiazole rings is 1. The van der Waals surface area contributed by atoms with E-state index >= 15 is 0 Å². The summed E-state index contributed by atoms with van der Waals surface area (Å²) in [5.74, 6) is -6.52. The summed E-state index contributed by atoms with van der Waals surface area (Å²) in [6.45, 7) is 30.5. The quantitative estimate of drug-likeness (QED) is 0.00410. The van der Waals surface area contributed by atoms with Gasteiger partial charge in [0.25, 0.3) is 5.91 Å². The maximum Gasteiger partial charge on any atom is 0.306 e. The van der Waals surface area contributed by atoms with Crippen molar-refractivity contribution < 1.29 is 106 Å². The van der Waals surface area contributed by atoms with Gasteiger partial charge in [0.1, 0.15) is 41.2 Å². The second-order valence-corrected chi connectivity index (χ2v) is 44.8. The number of phenols is 1. The predicted molar refractivity (Wildman–Crippen MR) is 568 cm³/mol. The summed E-state index contributed by atoms with van der Waals surface area (Å²) in [7, 11) is 12.6. The van der Waals surface area contributed by atoms with Crippen molar-refractivity contribution in [3.8, 4) is 11.5 Å². The Hall–Kier alpha value is -8.69. The zero-order valence-electron chi connectivity index (χ0n) is 90.5. The average molecular weight is 2090 g/mol. The first kappa shape index (κ1) is 125. The number of ketones is 3. The average Bonchev–Trinajstić information content (AvgIpc) is 1.70. The van der Waals surface area contributed by atoms with Crippen LogP contribution >= 0.6 is 31.4 Å². The number of anilines is 1. The molecule has 2 saturated heterocycles. The third kappa shape index (κ3) is 39.6. The molecule has 0 aliphatic carbocycles. The lowest BCUT2D eigenvalue weighted by molar-refractivity contribution is -0.150. The van der Waals surface area contributed by atoms with Crippen LogP contribution in [-0.4, -0.2) is 336 Å². The standard InChI is InChI=1S/C107H172N13O22PS2/c1-24-72(9)85(64-93(124)88-34-29-30-45-115(88)17)106(131)118(20)90(70(5)6)65-96(142-77(14)121)104-112-87(67-145-104)103(129)110-82(58-74(11)107(132)133)60-79-36-41-91(122)86(61-79)111-97(126)42-49-137-52-47-116(18)143(134,117(19)48-57-144)68-108-43-50-138-53-55-140-83-39-37-80(38-40-83)76(13)113-141-56-54-139-51-44-109-102(128)81(59-78-32-27-26-28-33-78)62-92(123)75(12)101(136-23)89-35-31-46-120(89)98(127)66-95(135-22)100(73(10)25-2)119(21)105(130)84(69(3)4)63-94(125)99(71(7)8)114(15)16/h26-28,32-33,36-41,61,67,69-75,81-82,84-85,88-90,95-96,99-101,108,122,144H,24-25,29-31,34-35,42-60,62-66,68H2,1-23H3,(H,109,128)(H,110,129)(H,111,126)(H,132,133)/b113-76-/t72-,73-,74?,75-,81+,82+,84-,85+,88-,89-,90+,95+,96+,99-,100-,101+,143?/m0/s1. The Morgan fingerprint density at radius 1 is 0.669 bits per heavy atom. The number of rotatable bonds is 70. The smallest absolute Gasteiger partial charge is 0.306 e. The lowest BCUT2D eigenvalue weighted by Crippen LogP contribution is -2.54. The van der Waals surface area contributed by atoms with Gasteiger partial charge in [0.2, 0.25) is 37.0 Å². The summed E-state index contributed by atoms with van der Waals surface area (Å²) < 4.78 is 59.9. The van der Waals surface area contributed by atoms with Gasteiger partial charge in [-0.05, 0) is 176 Å². The number of Topliss-reactive ketones (excluding diaryl/α,β-unsaturated/α-hetero) is 3. The first-order valence-corrected chi connectivity index (χ1v) is 55.1. The first-order valence-electron chi connectivity index (χ1n) is 51.8. The minimum Gasteiger partial charge on any atom is -0.506 e. The van der Waals surface area contributed by atoms with Crippen molar-refractivity contribution in [2.24, 2.45) is 64.3 Å². The molecule has 6 rings (SSSR count). The fourth-order valence-corrected chi connectivity index (χ4v) is 23.0. The monoisotopic (exact) mass is 2090 g/mol. The lowest BCUT2D eigenvalue weighted by atomic mass is 9.83. The van der Waals surface area contributed by atoms with Crippen LogP contribution in [0.2, 0.25) is 0 Å². The number of aliphatic carboxylic acids is 1. The molecule has 2 aliphatic heterocycles. The van der Waals surface area contributed by atoms with E-state index in [4.69, 9.17) is 38.0 Å². The van der Waals surface area contributed by atoms with Gasteiger partial charge in [-0.1, -0.05) is 144 Å². The molecule has 6 N–H and O–H groups in total. The summed E-state index contributed by atoms with van der Waals surface area (Å²) in [4.78, 5) is 172. The number of nitrogens with one attached hydrogen (secondary N) is 4. The van der Waals surface area contributed by atoms with Crippen LogP contribution in [0, 0.1) is 59.2 Å². The van der Waals surface area contributed by atoms with E-state index < -0.39 is 103 Å². The zero-order valence-corrected chi connectivity index (χ0v) is 93.1. The summed E-state index contributed by atoms with van der Waals surface area (Å²) in [6, 6.07) is 18.7. The molecular weight excluding hydrogens is 1910 g/mol. The van der Waals surface area contributed by atoms with Gasteiger partial charge in [-0.25, -0.2) is 14.3 Å². The number of aromatic hydroxyl groups is 1. The van der Waals surface area contributed by atoms with Crippen molar-refractivity contribution in [1.29, 1.82) is 0 Å². The summed E-state index contributed by atoms with van der Waals surface area (Å²) in [6.07, 6.45) is 3.91. The molecule has 0 spiro atoms. The van der Waals surface area contributed by atoms with Crippen LogP contribution in [0.15, 0.2) is 83.3 Å². The largest absolute Gasteiger partial charge is 0.506 e. The number of carboxylic acids is 1. The molecule has 17 atom stereocenters. The Morgan fingerprint density at radius 2 is 1.33 bits per heavy atom. The number of nitrogens with zero attached hydrogens (tertiary/aromatic N) is 9. The Balaban J connectivity index is 0.898. The Morgan fingerprint density at radius 3 is 1.95 bits per heavy atom. The van der Waals surface area contributed by atoms with E-state index in [-0.39, 0.29) is 217 Å². The number of phenolic OH excluding ortho intramolecular Hbond substituents is 1. The zero-order chi connectivity index (χ0) is 107. The lowest BCUT2D eigenvalue weighted by Gasteiger charge is -2.41. The number of hydrogen-bond acceptors (Lipinski definition) is 28. The Bertz CT molecular complexity index is 4760. The van der Waals surface area contributed by atoms with Crippen molar-refractivity contribution in [2.45, 2.75) is 254 Å². The molecule has 3 heterocycles. The molecule has 1 aromatic heterocycles. The predicted octanol–water partition coefficient (Wildman–Crippen LogP) is 13.3. The summed E-state index contributed by atoms with van der Waals surface area (Å²) >= 11 is 5.51. The van der Waals surface area contributed by atoms with Crippen LogP contribution in [0.1, 0.15) is 225 Å². The minimum atomic E-state index is -3.20. The van der Waals surface area contributed by atoms with Gasteiger partial charge in [-0.3, -0.25) is 67.1 Å². The summed E-state index contributed by atoms with van der Waals surface area (Å²) in [5.41, 5.74) is 2.96. The molecule has 2 unspecified atom stereocenters. The van der Waals surface area contributed by atoms with Gasteiger partial charge in [0.05, 0.1) is 112 Å². The number of carbonyl (C=O) groups excluding carboxylic acids is 10. The van der Waals surface area contributed by atoms with E-state index in [1.54, 1.807) is 85.5 Å². The summed E-state index contributed by atoms with van der Waals surface area (Å²) in [5, 5.41) is 39.0. The van der Waals surface area contributed by atoms with Crippen molar-refractivity contribution >= 4 is 108 Å². The van der Waals surface area contributed by atoms with E-state index in [2.05, 4.69) is 55.9 Å². The van der Waals surface area contributed by atoms with E-state index in [1.165, 1.54) is 25.3 Å². The number of likely N-dealkylation sites (N-methyl/N-ethyl adjacent to an activating group) is 4. The molecule has 2 fully saturated rings. The molecule has 6 amide bonds. The van der Waals surface area contributed by atoms with Gasteiger partial charge < -0.3 is 84.2 Å². The Kier molecular flexibility index (Phi) is 55.2. The number of thiol groups is 1. The normalized spacial score (nSPS) is 17.6.